The van der Waals surface area contributed by atoms with E-state index in [2.05, 4.69) is 18.3 Å². The lowest BCUT2D eigenvalue weighted by atomic mass is 9.82. The number of nitrogens with one attached hydrogen (secondary N) is 1. The molecule has 1 aliphatic heterocycles. The molecule has 20 heavy (non-hydrogen) atoms. The highest BCUT2D eigenvalue weighted by Gasteiger charge is 2.35. The summed E-state index contributed by atoms with van der Waals surface area (Å²) in [5, 5.41) is 3.65. The molecule has 0 aromatic heterocycles. The Morgan fingerprint density at radius 3 is 2.40 bits per heavy atom. The SMILES string of the molecule is COc1cc(C2(C)CCCN2)c(OC)c2c1CCCC2. The summed E-state index contributed by atoms with van der Waals surface area (Å²) in [4.78, 5) is 0. The predicted octanol–water partition coefficient (Wildman–Crippen LogP) is 3.18. The number of hydrogen-bond donors (Lipinski definition) is 1. The number of benzene rings is 1. The minimum atomic E-state index is 0.0189. The second kappa shape index (κ2) is 5.28. The van der Waals surface area contributed by atoms with E-state index in [4.69, 9.17) is 9.47 Å². The van der Waals surface area contributed by atoms with Gasteiger partial charge in [-0.3, -0.25) is 0 Å². The summed E-state index contributed by atoms with van der Waals surface area (Å²) >= 11 is 0. The molecule has 0 saturated carbocycles. The highest BCUT2D eigenvalue weighted by atomic mass is 16.5. The first-order valence-electron chi connectivity index (χ1n) is 7.72. The van der Waals surface area contributed by atoms with Crippen LogP contribution in [0.3, 0.4) is 0 Å². The molecule has 3 heteroatoms. The Balaban J connectivity index is 2.18. The fourth-order valence-electron chi connectivity index (χ4n) is 3.82. The van der Waals surface area contributed by atoms with Gasteiger partial charge in [-0.15, -0.1) is 0 Å². The molecule has 0 radical (unpaired) electrons. The summed E-state index contributed by atoms with van der Waals surface area (Å²) in [5.41, 5.74) is 4.03. The first-order valence-corrected chi connectivity index (χ1v) is 7.72. The van der Waals surface area contributed by atoms with Crippen LogP contribution in [0.5, 0.6) is 11.5 Å². The predicted molar refractivity (Wildman–Crippen MR) is 80.8 cm³/mol. The van der Waals surface area contributed by atoms with Gasteiger partial charge in [0.2, 0.25) is 0 Å². The molecule has 0 spiro atoms. The average molecular weight is 275 g/mol. The van der Waals surface area contributed by atoms with E-state index >= 15 is 0 Å². The number of methoxy groups -OCH3 is 2. The Bertz CT molecular complexity index is 504. The van der Waals surface area contributed by atoms with Crippen molar-refractivity contribution in [3.63, 3.8) is 0 Å². The Kier molecular flexibility index (Phi) is 3.63. The van der Waals surface area contributed by atoms with Crippen molar-refractivity contribution in [1.82, 2.24) is 5.32 Å². The lowest BCUT2D eigenvalue weighted by Crippen LogP contribution is -2.34. The minimum absolute atomic E-state index is 0.0189. The van der Waals surface area contributed by atoms with Gasteiger partial charge in [0, 0.05) is 22.2 Å². The van der Waals surface area contributed by atoms with E-state index in [1.807, 2.05) is 0 Å². The van der Waals surface area contributed by atoms with Crippen molar-refractivity contribution in [2.75, 3.05) is 20.8 Å². The number of rotatable bonds is 3. The summed E-state index contributed by atoms with van der Waals surface area (Å²) in [6.07, 6.45) is 7.10. The molecule has 0 amide bonds. The quantitative estimate of drug-likeness (QED) is 0.919. The van der Waals surface area contributed by atoms with E-state index in [9.17, 15) is 0 Å². The van der Waals surface area contributed by atoms with Gasteiger partial charge in [0.1, 0.15) is 11.5 Å². The molecular weight excluding hydrogens is 250 g/mol. The Morgan fingerprint density at radius 2 is 1.80 bits per heavy atom. The molecule has 1 heterocycles. The van der Waals surface area contributed by atoms with Crippen LogP contribution < -0.4 is 14.8 Å². The van der Waals surface area contributed by atoms with E-state index in [0.29, 0.717) is 0 Å². The number of hydrogen-bond acceptors (Lipinski definition) is 3. The summed E-state index contributed by atoms with van der Waals surface area (Å²) in [7, 11) is 3.59. The second-order valence-corrected chi connectivity index (χ2v) is 6.19. The van der Waals surface area contributed by atoms with E-state index < -0.39 is 0 Å². The van der Waals surface area contributed by atoms with Crippen LogP contribution >= 0.6 is 0 Å². The third kappa shape index (κ3) is 2.08. The van der Waals surface area contributed by atoms with Crippen LogP contribution in [0, 0.1) is 0 Å². The summed E-state index contributed by atoms with van der Waals surface area (Å²) in [6.45, 7) is 3.37. The van der Waals surface area contributed by atoms with E-state index in [1.165, 1.54) is 36.0 Å². The van der Waals surface area contributed by atoms with Crippen molar-refractivity contribution < 1.29 is 9.47 Å². The second-order valence-electron chi connectivity index (χ2n) is 6.19. The molecule has 0 bridgehead atoms. The fraction of sp³-hybridized carbons (Fsp3) is 0.647. The van der Waals surface area contributed by atoms with Crippen LogP contribution in [0.4, 0.5) is 0 Å². The van der Waals surface area contributed by atoms with Gasteiger partial charge in [0.15, 0.2) is 0 Å². The van der Waals surface area contributed by atoms with E-state index in [1.54, 1.807) is 14.2 Å². The third-order valence-electron chi connectivity index (χ3n) is 4.95. The van der Waals surface area contributed by atoms with Crippen molar-refractivity contribution in [3.8, 4) is 11.5 Å². The molecule has 3 rings (SSSR count). The van der Waals surface area contributed by atoms with Crippen LogP contribution in [0.1, 0.15) is 49.3 Å². The Labute approximate surface area is 121 Å². The van der Waals surface area contributed by atoms with Crippen molar-refractivity contribution in [2.24, 2.45) is 0 Å². The van der Waals surface area contributed by atoms with E-state index in [-0.39, 0.29) is 5.54 Å². The summed E-state index contributed by atoms with van der Waals surface area (Å²) < 4.78 is 11.5. The van der Waals surface area contributed by atoms with Crippen molar-refractivity contribution in [3.05, 3.63) is 22.8 Å². The molecule has 1 atom stereocenters. The summed E-state index contributed by atoms with van der Waals surface area (Å²) in [5.74, 6) is 2.14. The van der Waals surface area contributed by atoms with Crippen molar-refractivity contribution >= 4 is 0 Å². The number of ether oxygens (including phenoxy) is 2. The highest BCUT2D eigenvalue weighted by Crippen LogP contribution is 2.45. The molecule has 3 nitrogen and oxygen atoms in total. The first-order chi connectivity index (χ1) is 9.69. The average Bonchev–Trinajstić information content (AvgIpc) is 2.93. The molecule has 1 unspecified atom stereocenters. The molecule has 1 saturated heterocycles. The maximum Gasteiger partial charge on any atom is 0.127 e. The molecule has 2 aliphatic rings. The van der Waals surface area contributed by atoms with E-state index in [0.717, 1.165) is 37.3 Å². The van der Waals surface area contributed by atoms with Crippen LogP contribution in [0.25, 0.3) is 0 Å². The van der Waals surface area contributed by atoms with Crippen LogP contribution in [-0.4, -0.2) is 20.8 Å². The molecule has 1 fully saturated rings. The van der Waals surface area contributed by atoms with Crippen LogP contribution in [-0.2, 0) is 18.4 Å². The van der Waals surface area contributed by atoms with Gasteiger partial charge in [-0.25, -0.2) is 0 Å². The molecular formula is C17H25NO2. The van der Waals surface area contributed by atoms with Gasteiger partial charge in [0.05, 0.1) is 14.2 Å². The molecule has 1 aliphatic carbocycles. The first kappa shape index (κ1) is 13.7. The lowest BCUT2D eigenvalue weighted by molar-refractivity contribution is 0.355. The van der Waals surface area contributed by atoms with Gasteiger partial charge in [-0.2, -0.15) is 0 Å². The normalized spacial score (nSPS) is 25.4. The molecule has 110 valence electrons. The van der Waals surface area contributed by atoms with Gasteiger partial charge in [-0.1, -0.05) is 0 Å². The maximum absolute atomic E-state index is 5.83. The van der Waals surface area contributed by atoms with Gasteiger partial charge in [-0.05, 0) is 58.1 Å². The van der Waals surface area contributed by atoms with Gasteiger partial charge < -0.3 is 14.8 Å². The van der Waals surface area contributed by atoms with Crippen molar-refractivity contribution in [2.45, 2.75) is 51.0 Å². The third-order valence-corrected chi connectivity index (χ3v) is 4.95. The number of fused-ring (bicyclic) bond motifs is 1. The molecule has 1 aromatic rings. The standard InChI is InChI=1S/C17H25NO2/c1-17(9-6-10-18-17)14-11-15(19-2)12-7-4-5-8-13(12)16(14)20-3/h11,18H,4-10H2,1-3H3. The Hall–Kier alpha value is -1.22. The summed E-state index contributed by atoms with van der Waals surface area (Å²) in [6, 6.07) is 2.21. The zero-order chi connectivity index (χ0) is 14.2. The van der Waals surface area contributed by atoms with Crippen LogP contribution in [0.15, 0.2) is 6.07 Å². The van der Waals surface area contributed by atoms with Gasteiger partial charge >= 0.3 is 0 Å². The molecule has 1 aromatic carbocycles. The van der Waals surface area contributed by atoms with Crippen LogP contribution in [0.2, 0.25) is 0 Å². The smallest absolute Gasteiger partial charge is 0.127 e. The zero-order valence-corrected chi connectivity index (χ0v) is 12.8. The fourth-order valence-corrected chi connectivity index (χ4v) is 3.82. The largest absolute Gasteiger partial charge is 0.496 e. The van der Waals surface area contributed by atoms with Crippen molar-refractivity contribution in [1.29, 1.82) is 0 Å². The van der Waals surface area contributed by atoms with Gasteiger partial charge in [0.25, 0.3) is 0 Å². The molecule has 1 N–H and O–H groups in total. The Morgan fingerprint density at radius 1 is 1.05 bits per heavy atom. The minimum Gasteiger partial charge on any atom is -0.496 e. The highest BCUT2D eigenvalue weighted by molar-refractivity contribution is 5.57. The topological polar surface area (TPSA) is 30.5 Å². The maximum atomic E-state index is 5.83. The monoisotopic (exact) mass is 275 g/mol. The lowest BCUT2D eigenvalue weighted by Gasteiger charge is -2.31. The zero-order valence-electron chi connectivity index (χ0n) is 12.8.